The number of nitrogens with zero attached hydrogens (tertiary/aromatic N) is 3. The summed E-state index contributed by atoms with van der Waals surface area (Å²) >= 11 is 0. The number of H-pyrrole nitrogens is 2. The summed E-state index contributed by atoms with van der Waals surface area (Å²) in [6, 6.07) is 6.08. The van der Waals surface area contributed by atoms with E-state index in [0.29, 0.717) is 25.8 Å². The van der Waals surface area contributed by atoms with Crippen molar-refractivity contribution >= 4 is 45.5 Å². The van der Waals surface area contributed by atoms with Gasteiger partial charge in [-0.2, -0.15) is 0 Å². The monoisotopic (exact) mass is 665 g/mol. The first kappa shape index (κ1) is 36.1. The second-order valence-electron chi connectivity index (χ2n) is 14.1. The lowest BCUT2D eigenvalue weighted by Crippen LogP contribution is -2.46. The van der Waals surface area contributed by atoms with Crippen molar-refractivity contribution in [2.45, 2.75) is 111 Å². The molecule has 2 aliphatic heterocycles. The van der Waals surface area contributed by atoms with Crippen LogP contribution in [0.5, 0.6) is 0 Å². The summed E-state index contributed by atoms with van der Waals surface area (Å²) in [7, 11) is 3.45. The first-order valence-electron chi connectivity index (χ1n) is 18.0. The van der Waals surface area contributed by atoms with Gasteiger partial charge in [0.15, 0.2) is 0 Å². The average molecular weight is 666 g/mol. The van der Waals surface area contributed by atoms with Crippen molar-refractivity contribution in [3.63, 3.8) is 0 Å². The number of nitrogens with two attached hydrogens (primary N) is 1. The molecule has 9 nitrogen and oxygen atoms in total. The zero-order chi connectivity index (χ0) is 35.6. The number of aromatic nitrogens is 4. The fourth-order valence-corrected chi connectivity index (χ4v) is 7.53. The zero-order valence-electron chi connectivity index (χ0n) is 30.9. The topological polar surface area (TPSA) is 133 Å². The van der Waals surface area contributed by atoms with Gasteiger partial charge in [0.05, 0.1) is 11.4 Å². The molecule has 3 aromatic heterocycles. The summed E-state index contributed by atoms with van der Waals surface area (Å²) < 4.78 is 0. The summed E-state index contributed by atoms with van der Waals surface area (Å²) in [5.41, 5.74) is 21.1. The van der Waals surface area contributed by atoms with E-state index >= 15 is 0 Å². The van der Waals surface area contributed by atoms with E-state index in [1.807, 2.05) is 0 Å². The lowest BCUT2D eigenvalue weighted by Gasteiger charge is -2.22. The number of hydrogen-bond donors (Lipinski definition) is 4. The van der Waals surface area contributed by atoms with Crippen LogP contribution in [0.2, 0.25) is 0 Å². The first-order valence-corrected chi connectivity index (χ1v) is 18.0. The van der Waals surface area contributed by atoms with Crippen molar-refractivity contribution in [3.8, 4) is 0 Å². The van der Waals surface area contributed by atoms with Gasteiger partial charge < -0.3 is 25.9 Å². The molecule has 0 aliphatic carbocycles. The minimum absolute atomic E-state index is 0.0178. The zero-order valence-corrected chi connectivity index (χ0v) is 30.9. The molecule has 49 heavy (non-hydrogen) atoms. The number of likely N-dealkylation sites (N-methyl/N-ethyl adjacent to an activating group) is 1. The van der Waals surface area contributed by atoms with Crippen LogP contribution >= 0.6 is 0 Å². The number of unbranched alkanes of at least 4 members (excludes halogenated alkanes) is 1. The molecule has 9 heteroatoms. The normalized spacial score (nSPS) is 16.4. The van der Waals surface area contributed by atoms with Gasteiger partial charge in [0.25, 0.3) is 0 Å². The molecule has 5 rings (SSSR count). The number of allylic oxidation sites excluding steroid dienone is 1. The summed E-state index contributed by atoms with van der Waals surface area (Å²) in [6.07, 6.45) is 7.06. The molecule has 0 fully saturated rings. The molecule has 3 atom stereocenters. The fraction of sp³-hybridized carbons (Fsp3) is 0.500. The molecule has 2 amide bonds. The van der Waals surface area contributed by atoms with Crippen LogP contribution in [0.1, 0.15) is 122 Å². The molecule has 0 unspecified atom stereocenters. The summed E-state index contributed by atoms with van der Waals surface area (Å²) in [5.74, 6) is -0.109. The second-order valence-corrected chi connectivity index (χ2v) is 14.1. The van der Waals surface area contributed by atoms with Gasteiger partial charge in [0.2, 0.25) is 11.8 Å². The molecule has 5 N–H and O–H groups in total. The minimum Gasteiger partial charge on any atom is -0.355 e. The fourth-order valence-electron chi connectivity index (χ4n) is 7.53. The molecule has 0 saturated heterocycles. The minimum atomic E-state index is -0.553. The smallest absolute Gasteiger partial charge is 0.244 e. The summed E-state index contributed by atoms with van der Waals surface area (Å²) in [4.78, 5) is 45.7. The molecule has 2 aliphatic rings. The Morgan fingerprint density at radius 2 is 1.53 bits per heavy atom. The van der Waals surface area contributed by atoms with Crippen molar-refractivity contribution in [2.24, 2.45) is 5.73 Å². The molecule has 262 valence electrons. The van der Waals surface area contributed by atoms with Crippen molar-refractivity contribution in [3.05, 3.63) is 68.8 Å². The molecule has 8 bridgehead atoms. The van der Waals surface area contributed by atoms with Gasteiger partial charge in [-0.3, -0.25) is 14.6 Å². The Kier molecular flexibility index (Phi) is 11.1. The van der Waals surface area contributed by atoms with E-state index in [1.54, 1.807) is 19.0 Å². The molecule has 0 aromatic carbocycles. The highest BCUT2D eigenvalue weighted by Crippen LogP contribution is 2.42. The Labute approximate surface area is 291 Å². The van der Waals surface area contributed by atoms with Gasteiger partial charge in [0, 0.05) is 65.8 Å². The molecule has 5 heterocycles. The maximum absolute atomic E-state index is 13.4. The second kappa shape index (κ2) is 15.1. The highest BCUT2D eigenvalue weighted by atomic mass is 16.2. The van der Waals surface area contributed by atoms with Gasteiger partial charge in [-0.15, -0.1) is 0 Å². The Hall–Kier alpha value is -4.24. The lowest BCUT2D eigenvalue weighted by molar-refractivity contribution is -0.134. The van der Waals surface area contributed by atoms with E-state index in [2.05, 4.69) is 88.0 Å². The Morgan fingerprint density at radius 3 is 2.14 bits per heavy atom. The van der Waals surface area contributed by atoms with E-state index in [0.717, 1.165) is 81.7 Å². The third kappa shape index (κ3) is 7.37. The van der Waals surface area contributed by atoms with Crippen molar-refractivity contribution < 1.29 is 9.59 Å². The van der Waals surface area contributed by atoms with Crippen LogP contribution in [-0.4, -0.2) is 63.3 Å². The van der Waals surface area contributed by atoms with E-state index < -0.39 is 6.04 Å². The Morgan fingerprint density at radius 1 is 0.898 bits per heavy atom. The standard InChI is InChI=1S/C40H55N7O2/c1-10-27-24(5)34-21-37-28(11-2)23(4)33(43-37)20-35-25(6)29(15-16-38(48)45-30(14-12-13-17-41)40(49)47(8)9)39(46-35)26(7)32-18-22(3)31(42-32)19-36(27)44-34/h18-21,25,29-30,43-44H,10-17,41H2,1-9H3,(H,45,48)/t25-,29-,30-/m0/s1. The van der Waals surface area contributed by atoms with Crippen LogP contribution in [-0.2, 0) is 22.4 Å². The van der Waals surface area contributed by atoms with Crippen molar-refractivity contribution in [1.29, 1.82) is 0 Å². The number of nitrogens with one attached hydrogen (secondary N) is 3. The number of aromatic amines is 2. The van der Waals surface area contributed by atoms with Crippen LogP contribution in [0, 0.1) is 20.8 Å². The SMILES string of the molecule is CCc1c(C)c2cc3[nH]c(cc4nc(c(C)c5nc(cc1[nH]2)C(C)=C5)[C@@H](CCC(=O)N[C@@H](CCCCN)C(=O)N(C)C)[C@@H]4C)c(C)c3CC. The van der Waals surface area contributed by atoms with Gasteiger partial charge in [-0.1, -0.05) is 20.8 Å². The summed E-state index contributed by atoms with van der Waals surface area (Å²) in [6.45, 7) is 15.8. The summed E-state index contributed by atoms with van der Waals surface area (Å²) in [5, 5.41) is 3.04. The quantitative estimate of drug-likeness (QED) is 0.160. The van der Waals surface area contributed by atoms with E-state index in [1.165, 1.54) is 22.3 Å². The van der Waals surface area contributed by atoms with Crippen molar-refractivity contribution in [2.75, 3.05) is 20.6 Å². The number of carbonyl (C=O) groups excluding carboxylic acids is 2. The van der Waals surface area contributed by atoms with Crippen LogP contribution < -0.4 is 11.1 Å². The third-order valence-corrected chi connectivity index (χ3v) is 10.6. The highest BCUT2D eigenvalue weighted by molar-refractivity contribution is 5.88. The first-order chi connectivity index (χ1) is 23.4. The van der Waals surface area contributed by atoms with Crippen LogP contribution in [0.3, 0.4) is 0 Å². The Balaban J connectivity index is 1.62. The largest absolute Gasteiger partial charge is 0.355 e. The van der Waals surface area contributed by atoms with Crippen LogP contribution in [0.4, 0.5) is 0 Å². The lowest BCUT2D eigenvalue weighted by atomic mass is 9.85. The van der Waals surface area contributed by atoms with E-state index in [-0.39, 0.29) is 23.7 Å². The van der Waals surface area contributed by atoms with Gasteiger partial charge in [-0.25, -0.2) is 4.98 Å². The van der Waals surface area contributed by atoms with E-state index in [4.69, 9.17) is 15.7 Å². The molecule has 0 saturated carbocycles. The third-order valence-electron chi connectivity index (χ3n) is 10.6. The van der Waals surface area contributed by atoms with Gasteiger partial charge in [-0.05, 0) is 130 Å². The Bertz CT molecular complexity index is 1930. The van der Waals surface area contributed by atoms with Crippen LogP contribution in [0.25, 0.3) is 33.7 Å². The van der Waals surface area contributed by atoms with Crippen molar-refractivity contribution in [1.82, 2.24) is 30.2 Å². The van der Waals surface area contributed by atoms with E-state index in [9.17, 15) is 9.59 Å². The molecular formula is C40H55N7O2. The number of amides is 2. The molecule has 0 radical (unpaired) electrons. The highest BCUT2D eigenvalue weighted by Gasteiger charge is 2.32. The molecule has 3 aromatic rings. The molecular weight excluding hydrogens is 610 g/mol. The average Bonchev–Trinajstić information content (AvgIpc) is 3.77. The maximum Gasteiger partial charge on any atom is 0.244 e. The predicted molar refractivity (Wildman–Crippen MR) is 201 cm³/mol. The molecule has 0 spiro atoms. The number of carbonyl (C=O) groups is 2. The number of aryl methyl sites for hydroxylation is 4. The van der Waals surface area contributed by atoms with Crippen LogP contribution in [0.15, 0.2) is 18.2 Å². The van der Waals surface area contributed by atoms with Gasteiger partial charge in [0.1, 0.15) is 6.04 Å². The number of fused-ring (bicyclic) bond motifs is 8. The maximum atomic E-state index is 13.4. The number of hydrogen-bond acceptors (Lipinski definition) is 5. The number of rotatable bonds is 11. The van der Waals surface area contributed by atoms with Gasteiger partial charge >= 0.3 is 0 Å². The predicted octanol–water partition coefficient (Wildman–Crippen LogP) is 7.29.